The lowest BCUT2D eigenvalue weighted by Gasteiger charge is -2.23. The maximum atomic E-state index is 12.3. The highest BCUT2D eigenvalue weighted by Crippen LogP contribution is 2.19. The SMILES string of the molecule is CCN(CC)C(=O)CN(C)C(=O)c1ccc(Br)cc1N. The number of hydrogen-bond acceptors (Lipinski definition) is 3. The van der Waals surface area contributed by atoms with Crippen LogP contribution < -0.4 is 5.73 Å². The summed E-state index contributed by atoms with van der Waals surface area (Å²) in [4.78, 5) is 27.3. The number of carbonyl (C=O) groups is 2. The molecule has 110 valence electrons. The van der Waals surface area contributed by atoms with Crippen LogP contribution in [0.15, 0.2) is 22.7 Å². The lowest BCUT2D eigenvalue weighted by Crippen LogP contribution is -2.41. The molecule has 0 atom stereocenters. The molecule has 0 aliphatic carbocycles. The Hall–Kier alpha value is -1.56. The van der Waals surface area contributed by atoms with E-state index in [2.05, 4.69) is 15.9 Å². The smallest absolute Gasteiger partial charge is 0.256 e. The molecule has 0 saturated heterocycles. The minimum absolute atomic E-state index is 0.0516. The van der Waals surface area contributed by atoms with Gasteiger partial charge in [0.15, 0.2) is 0 Å². The molecule has 1 aromatic rings. The van der Waals surface area contributed by atoms with Crippen molar-refractivity contribution in [2.75, 3.05) is 32.4 Å². The summed E-state index contributed by atoms with van der Waals surface area (Å²) in [6.45, 7) is 5.15. The predicted molar refractivity (Wildman–Crippen MR) is 83.4 cm³/mol. The van der Waals surface area contributed by atoms with E-state index in [1.165, 1.54) is 4.90 Å². The summed E-state index contributed by atoms with van der Waals surface area (Å²) in [5.74, 6) is -0.322. The largest absolute Gasteiger partial charge is 0.398 e. The van der Waals surface area contributed by atoms with Gasteiger partial charge in [-0.1, -0.05) is 15.9 Å². The van der Waals surface area contributed by atoms with Gasteiger partial charge in [0.05, 0.1) is 12.1 Å². The lowest BCUT2D eigenvalue weighted by molar-refractivity contribution is -0.131. The Kier molecular flexibility index (Phi) is 6.01. The minimum Gasteiger partial charge on any atom is -0.398 e. The third kappa shape index (κ3) is 3.96. The van der Waals surface area contributed by atoms with Crippen LogP contribution in [-0.2, 0) is 4.79 Å². The van der Waals surface area contributed by atoms with Crippen molar-refractivity contribution in [2.45, 2.75) is 13.8 Å². The highest BCUT2D eigenvalue weighted by molar-refractivity contribution is 9.10. The number of benzene rings is 1. The van der Waals surface area contributed by atoms with Crippen LogP contribution in [0.25, 0.3) is 0 Å². The monoisotopic (exact) mass is 341 g/mol. The van der Waals surface area contributed by atoms with Gasteiger partial charge in [-0.05, 0) is 32.0 Å². The number of carbonyl (C=O) groups excluding carboxylic acids is 2. The summed E-state index contributed by atoms with van der Waals surface area (Å²) in [5.41, 5.74) is 6.63. The van der Waals surface area contributed by atoms with E-state index in [1.54, 1.807) is 30.1 Å². The first kappa shape index (κ1) is 16.5. The molecule has 0 aliphatic heterocycles. The molecule has 2 N–H and O–H groups in total. The van der Waals surface area contributed by atoms with E-state index in [9.17, 15) is 9.59 Å². The number of likely N-dealkylation sites (N-methyl/N-ethyl adjacent to an activating group) is 2. The number of nitrogen functional groups attached to an aromatic ring is 1. The van der Waals surface area contributed by atoms with Gasteiger partial charge >= 0.3 is 0 Å². The fourth-order valence-corrected chi connectivity index (χ4v) is 2.26. The quantitative estimate of drug-likeness (QED) is 0.832. The van der Waals surface area contributed by atoms with Gasteiger partial charge in [0, 0.05) is 30.3 Å². The van der Waals surface area contributed by atoms with E-state index < -0.39 is 0 Å². The number of anilines is 1. The third-order valence-electron chi connectivity index (χ3n) is 3.08. The molecule has 0 heterocycles. The Balaban J connectivity index is 2.79. The Morgan fingerprint density at radius 3 is 2.35 bits per heavy atom. The molecule has 1 rings (SSSR count). The fraction of sp³-hybridized carbons (Fsp3) is 0.429. The molecule has 6 heteroatoms. The summed E-state index contributed by atoms with van der Waals surface area (Å²) in [6, 6.07) is 5.08. The summed E-state index contributed by atoms with van der Waals surface area (Å²) in [5, 5.41) is 0. The second-order valence-electron chi connectivity index (χ2n) is 4.46. The Morgan fingerprint density at radius 2 is 1.85 bits per heavy atom. The van der Waals surface area contributed by atoms with Crippen LogP contribution in [0, 0.1) is 0 Å². The molecule has 5 nitrogen and oxygen atoms in total. The number of nitrogens with two attached hydrogens (primary N) is 1. The Labute approximate surface area is 127 Å². The number of rotatable bonds is 5. The number of halogens is 1. The molecule has 20 heavy (non-hydrogen) atoms. The zero-order chi connectivity index (χ0) is 15.3. The van der Waals surface area contributed by atoms with E-state index in [-0.39, 0.29) is 18.4 Å². The van der Waals surface area contributed by atoms with E-state index >= 15 is 0 Å². The molecule has 0 fully saturated rings. The molecule has 0 radical (unpaired) electrons. The van der Waals surface area contributed by atoms with Crippen LogP contribution in [0.3, 0.4) is 0 Å². The molecular formula is C14H20BrN3O2. The van der Waals surface area contributed by atoms with Crippen molar-refractivity contribution >= 4 is 33.4 Å². The van der Waals surface area contributed by atoms with Crippen molar-refractivity contribution in [3.05, 3.63) is 28.2 Å². The number of nitrogens with zero attached hydrogens (tertiary/aromatic N) is 2. The van der Waals surface area contributed by atoms with E-state index in [4.69, 9.17) is 5.73 Å². The first-order chi connectivity index (χ1) is 9.40. The molecule has 0 unspecified atom stereocenters. The first-order valence-corrected chi connectivity index (χ1v) is 7.28. The molecule has 0 aliphatic rings. The van der Waals surface area contributed by atoms with Crippen LogP contribution in [-0.4, -0.2) is 48.3 Å². The maximum absolute atomic E-state index is 12.3. The molecular weight excluding hydrogens is 322 g/mol. The third-order valence-corrected chi connectivity index (χ3v) is 3.57. The van der Waals surface area contributed by atoms with Gasteiger partial charge in [0.25, 0.3) is 5.91 Å². The maximum Gasteiger partial charge on any atom is 0.256 e. The topological polar surface area (TPSA) is 66.6 Å². The van der Waals surface area contributed by atoms with Gasteiger partial charge in [0.1, 0.15) is 0 Å². The van der Waals surface area contributed by atoms with Crippen molar-refractivity contribution in [1.82, 2.24) is 9.80 Å². The summed E-state index contributed by atoms with van der Waals surface area (Å²) >= 11 is 3.29. The van der Waals surface area contributed by atoms with Crippen molar-refractivity contribution in [1.29, 1.82) is 0 Å². The summed E-state index contributed by atoms with van der Waals surface area (Å²) < 4.78 is 0.813. The lowest BCUT2D eigenvalue weighted by atomic mass is 10.1. The van der Waals surface area contributed by atoms with Crippen LogP contribution in [0.4, 0.5) is 5.69 Å². The molecule has 0 saturated carbocycles. The highest BCUT2D eigenvalue weighted by Gasteiger charge is 2.19. The van der Waals surface area contributed by atoms with Crippen LogP contribution in [0.5, 0.6) is 0 Å². The van der Waals surface area contributed by atoms with Gasteiger partial charge in [-0.2, -0.15) is 0 Å². The summed E-state index contributed by atoms with van der Waals surface area (Å²) in [7, 11) is 1.60. The minimum atomic E-state index is -0.254. The Bertz CT molecular complexity index is 501. The first-order valence-electron chi connectivity index (χ1n) is 6.48. The van der Waals surface area contributed by atoms with Crippen molar-refractivity contribution < 1.29 is 9.59 Å². The van der Waals surface area contributed by atoms with Gasteiger partial charge in [-0.25, -0.2) is 0 Å². The second-order valence-corrected chi connectivity index (χ2v) is 5.37. The van der Waals surface area contributed by atoms with E-state index in [1.807, 2.05) is 13.8 Å². The molecule has 0 spiro atoms. The van der Waals surface area contributed by atoms with Crippen LogP contribution in [0.2, 0.25) is 0 Å². The van der Waals surface area contributed by atoms with Gasteiger partial charge < -0.3 is 15.5 Å². The van der Waals surface area contributed by atoms with Crippen LogP contribution >= 0.6 is 15.9 Å². The standard InChI is InChI=1S/C14H20BrN3O2/c1-4-18(5-2)13(19)9-17(3)14(20)11-7-6-10(15)8-12(11)16/h6-8H,4-5,9,16H2,1-3H3. The zero-order valence-electron chi connectivity index (χ0n) is 12.0. The predicted octanol–water partition coefficient (Wildman–Crippen LogP) is 1.97. The van der Waals surface area contributed by atoms with Crippen LogP contribution in [0.1, 0.15) is 24.2 Å². The average Bonchev–Trinajstić information content (AvgIpc) is 2.39. The number of amides is 2. The van der Waals surface area contributed by atoms with Gasteiger partial charge in [-0.15, -0.1) is 0 Å². The van der Waals surface area contributed by atoms with Gasteiger partial charge in [0.2, 0.25) is 5.91 Å². The fourth-order valence-electron chi connectivity index (χ4n) is 1.88. The average molecular weight is 342 g/mol. The number of hydrogen-bond donors (Lipinski definition) is 1. The molecule has 1 aromatic carbocycles. The second kappa shape index (κ2) is 7.28. The van der Waals surface area contributed by atoms with Gasteiger partial charge in [-0.3, -0.25) is 9.59 Å². The van der Waals surface area contributed by atoms with E-state index in [0.29, 0.717) is 24.3 Å². The van der Waals surface area contributed by atoms with E-state index in [0.717, 1.165) is 4.47 Å². The molecule has 0 bridgehead atoms. The normalized spacial score (nSPS) is 10.2. The molecule has 2 amide bonds. The molecule has 0 aromatic heterocycles. The van der Waals surface area contributed by atoms with Crippen molar-refractivity contribution in [2.24, 2.45) is 0 Å². The summed E-state index contributed by atoms with van der Waals surface area (Å²) in [6.07, 6.45) is 0. The highest BCUT2D eigenvalue weighted by atomic mass is 79.9. The van der Waals surface area contributed by atoms with Crippen molar-refractivity contribution in [3.63, 3.8) is 0 Å². The van der Waals surface area contributed by atoms with Crippen molar-refractivity contribution in [3.8, 4) is 0 Å². The zero-order valence-corrected chi connectivity index (χ0v) is 13.6. The Morgan fingerprint density at radius 1 is 1.25 bits per heavy atom.